The Morgan fingerprint density at radius 2 is 2.00 bits per heavy atom. The zero-order chi connectivity index (χ0) is 10.1. The maximum Gasteiger partial charge on any atom is 0.274 e. The van der Waals surface area contributed by atoms with Crippen molar-refractivity contribution < 1.29 is 17.9 Å². The third-order valence-electron chi connectivity index (χ3n) is 1.33. The summed E-state index contributed by atoms with van der Waals surface area (Å²) in [4.78, 5) is 0. The third-order valence-corrected chi connectivity index (χ3v) is 4.37. The summed E-state index contributed by atoms with van der Waals surface area (Å²) in [5.74, 6) is 0.522. The minimum Gasteiger partial charge on any atom is -0.492 e. The first-order chi connectivity index (χ1) is 6.00. The Morgan fingerprint density at radius 1 is 1.38 bits per heavy atom. The largest absolute Gasteiger partial charge is 0.492 e. The van der Waals surface area contributed by atoms with E-state index < -0.39 is 9.05 Å². The second-order valence-corrected chi connectivity index (χ2v) is 5.70. The Balaban J connectivity index is 3.32. The predicted octanol–water partition coefficient (Wildman–Crippen LogP) is 1.69. The Hall–Kier alpha value is -0.460. The maximum atomic E-state index is 11.0. The van der Waals surface area contributed by atoms with Gasteiger partial charge in [0.2, 0.25) is 0 Å². The molecule has 0 aliphatic heterocycles. The summed E-state index contributed by atoms with van der Waals surface area (Å²) in [5.41, 5.74) is 0. The van der Waals surface area contributed by atoms with Crippen LogP contribution in [-0.4, -0.2) is 22.6 Å². The molecule has 0 N–H and O–H groups in total. The van der Waals surface area contributed by atoms with Gasteiger partial charge in [0.1, 0.15) is 0 Å². The lowest BCUT2D eigenvalue weighted by Crippen LogP contribution is -1.92. The van der Waals surface area contributed by atoms with Crippen LogP contribution in [0.2, 0.25) is 0 Å². The molecule has 1 heterocycles. The van der Waals surface area contributed by atoms with Crippen LogP contribution in [0, 0.1) is 0 Å². The van der Waals surface area contributed by atoms with Gasteiger partial charge in [0.15, 0.2) is 15.7 Å². The Kier molecular flexibility index (Phi) is 3.05. The predicted molar refractivity (Wildman–Crippen MR) is 50.5 cm³/mol. The molecule has 0 fully saturated rings. The third kappa shape index (κ3) is 2.07. The smallest absolute Gasteiger partial charge is 0.274 e. The molecule has 0 aliphatic carbocycles. The number of halogens is 1. The van der Waals surface area contributed by atoms with Gasteiger partial charge in [0.25, 0.3) is 9.05 Å². The van der Waals surface area contributed by atoms with Crippen molar-refractivity contribution in [2.24, 2.45) is 0 Å². The molecular weight excluding hydrogens is 236 g/mol. The number of hydrogen-bond acceptors (Lipinski definition) is 5. The minimum absolute atomic E-state index is 0.0338. The topological polar surface area (TPSA) is 52.6 Å². The molecule has 0 aliphatic rings. The van der Waals surface area contributed by atoms with Gasteiger partial charge in [-0.2, -0.15) is 0 Å². The van der Waals surface area contributed by atoms with Crippen molar-refractivity contribution in [1.29, 1.82) is 0 Å². The molecule has 13 heavy (non-hydrogen) atoms. The Labute approximate surface area is 84.5 Å². The lowest BCUT2D eigenvalue weighted by molar-refractivity contribution is 0.352. The highest BCUT2D eigenvalue weighted by Gasteiger charge is 2.22. The van der Waals surface area contributed by atoms with Gasteiger partial charge >= 0.3 is 0 Å². The molecule has 0 amide bonds. The van der Waals surface area contributed by atoms with Crippen LogP contribution in [0.1, 0.15) is 0 Å². The van der Waals surface area contributed by atoms with Crippen molar-refractivity contribution in [3.8, 4) is 11.5 Å². The standard InChI is InChI=1S/C6H7ClO4S2/c1-10-4-3-12-6(5(4)11-2)13(7,8)9/h3H,1-2H3. The van der Waals surface area contributed by atoms with Crippen molar-refractivity contribution in [2.75, 3.05) is 14.2 Å². The summed E-state index contributed by atoms with van der Waals surface area (Å²) in [6, 6.07) is 0. The first-order valence-corrected chi connectivity index (χ1v) is 6.33. The van der Waals surface area contributed by atoms with E-state index in [-0.39, 0.29) is 9.96 Å². The molecule has 7 heteroatoms. The summed E-state index contributed by atoms with van der Waals surface area (Å²) < 4.78 is 31.7. The molecule has 1 aromatic heterocycles. The number of methoxy groups -OCH3 is 2. The van der Waals surface area contributed by atoms with E-state index in [4.69, 9.17) is 20.2 Å². The van der Waals surface area contributed by atoms with E-state index in [9.17, 15) is 8.42 Å². The molecule has 1 rings (SSSR count). The average molecular weight is 243 g/mol. The number of thiophene rings is 1. The van der Waals surface area contributed by atoms with E-state index in [2.05, 4.69) is 0 Å². The summed E-state index contributed by atoms with van der Waals surface area (Å²) >= 11 is 0.962. The lowest BCUT2D eigenvalue weighted by Gasteiger charge is -2.01. The van der Waals surface area contributed by atoms with Crippen LogP contribution in [-0.2, 0) is 9.05 Å². The van der Waals surface area contributed by atoms with Gasteiger partial charge in [-0.05, 0) is 0 Å². The van der Waals surface area contributed by atoms with Gasteiger partial charge in [-0.15, -0.1) is 11.3 Å². The molecule has 0 radical (unpaired) electrons. The molecule has 0 spiro atoms. The fourth-order valence-electron chi connectivity index (χ4n) is 0.808. The fraction of sp³-hybridized carbons (Fsp3) is 0.333. The summed E-state index contributed by atoms with van der Waals surface area (Å²) in [6.07, 6.45) is 0. The molecule has 0 unspecified atom stereocenters. The summed E-state index contributed by atoms with van der Waals surface area (Å²) in [7, 11) is 4.19. The molecule has 0 aromatic carbocycles. The molecule has 0 saturated heterocycles. The van der Waals surface area contributed by atoms with Gasteiger partial charge < -0.3 is 9.47 Å². The average Bonchev–Trinajstić information content (AvgIpc) is 2.45. The molecule has 0 bridgehead atoms. The SMILES string of the molecule is COc1csc(S(=O)(=O)Cl)c1OC. The minimum atomic E-state index is -3.75. The monoisotopic (exact) mass is 242 g/mol. The van der Waals surface area contributed by atoms with E-state index in [1.54, 1.807) is 0 Å². The normalized spacial score (nSPS) is 11.3. The van der Waals surface area contributed by atoms with E-state index in [1.807, 2.05) is 0 Å². The van der Waals surface area contributed by atoms with Crippen LogP contribution in [0.4, 0.5) is 0 Å². The van der Waals surface area contributed by atoms with Gasteiger partial charge in [-0.1, -0.05) is 0 Å². The van der Waals surface area contributed by atoms with Crippen LogP contribution >= 0.6 is 22.0 Å². The van der Waals surface area contributed by atoms with Crippen LogP contribution in [0.25, 0.3) is 0 Å². The van der Waals surface area contributed by atoms with Crippen LogP contribution < -0.4 is 9.47 Å². The zero-order valence-corrected chi connectivity index (χ0v) is 9.29. The molecule has 4 nitrogen and oxygen atoms in total. The highest BCUT2D eigenvalue weighted by atomic mass is 35.7. The first kappa shape index (κ1) is 10.6. The second kappa shape index (κ2) is 3.73. The van der Waals surface area contributed by atoms with Crippen molar-refractivity contribution in [3.05, 3.63) is 5.38 Å². The van der Waals surface area contributed by atoms with Crippen molar-refractivity contribution >= 4 is 31.1 Å². The summed E-state index contributed by atoms with van der Waals surface area (Å²) in [5, 5.41) is 1.52. The molecule has 0 saturated carbocycles. The Morgan fingerprint density at radius 3 is 2.38 bits per heavy atom. The van der Waals surface area contributed by atoms with Crippen molar-refractivity contribution in [3.63, 3.8) is 0 Å². The number of rotatable bonds is 3. The van der Waals surface area contributed by atoms with E-state index in [0.717, 1.165) is 11.3 Å². The quantitative estimate of drug-likeness (QED) is 0.757. The summed E-state index contributed by atoms with van der Waals surface area (Å²) in [6.45, 7) is 0. The highest BCUT2D eigenvalue weighted by Crippen LogP contribution is 2.41. The number of hydrogen-bond donors (Lipinski definition) is 0. The van der Waals surface area contributed by atoms with Crippen LogP contribution in [0.15, 0.2) is 9.59 Å². The first-order valence-electron chi connectivity index (χ1n) is 3.15. The fourth-order valence-corrected chi connectivity index (χ4v) is 3.06. The van der Waals surface area contributed by atoms with Crippen LogP contribution in [0.5, 0.6) is 11.5 Å². The molecular formula is C6H7ClO4S2. The highest BCUT2D eigenvalue weighted by molar-refractivity contribution is 8.15. The molecule has 1 aromatic rings. The van der Waals surface area contributed by atoms with Crippen molar-refractivity contribution in [1.82, 2.24) is 0 Å². The Bertz CT molecular complexity index is 395. The molecule has 74 valence electrons. The van der Waals surface area contributed by atoms with E-state index in [1.165, 1.54) is 19.6 Å². The molecule has 0 atom stereocenters. The van der Waals surface area contributed by atoms with E-state index in [0.29, 0.717) is 5.75 Å². The van der Waals surface area contributed by atoms with E-state index >= 15 is 0 Å². The zero-order valence-electron chi connectivity index (χ0n) is 6.90. The van der Waals surface area contributed by atoms with Gasteiger partial charge in [-0.3, -0.25) is 0 Å². The van der Waals surface area contributed by atoms with Gasteiger partial charge in [0, 0.05) is 16.1 Å². The van der Waals surface area contributed by atoms with Gasteiger partial charge in [-0.25, -0.2) is 8.42 Å². The van der Waals surface area contributed by atoms with Crippen LogP contribution in [0.3, 0.4) is 0 Å². The number of ether oxygens (including phenoxy) is 2. The maximum absolute atomic E-state index is 11.0. The van der Waals surface area contributed by atoms with Crippen molar-refractivity contribution in [2.45, 2.75) is 4.21 Å². The lowest BCUT2D eigenvalue weighted by atomic mass is 10.5. The second-order valence-electron chi connectivity index (χ2n) is 2.06. The van der Waals surface area contributed by atoms with Gasteiger partial charge in [0.05, 0.1) is 14.2 Å².